The second-order valence-electron chi connectivity index (χ2n) is 5.52. The van der Waals surface area contributed by atoms with Crippen LogP contribution in [0.25, 0.3) is 10.9 Å². The number of hydrogen-bond donors (Lipinski definition) is 1. The predicted octanol–water partition coefficient (Wildman–Crippen LogP) is 2.34. The fraction of sp³-hybridized carbons (Fsp3) is 0.438. The number of H-pyrrole nitrogens is 1. The van der Waals surface area contributed by atoms with Gasteiger partial charge in [0.05, 0.1) is 5.56 Å². The van der Waals surface area contributed by atoms with Crippen molar-refractivity contribution in [3.8, 4) is 0 Å². The molecule has 4 heteroatoms. The Morgan fingerprint density at radius 3 is 2.85 bits per heavy atom. The Balaban J connectivity index is 1.68. The number of fused-ring (bicyclic) bond motifs is 1. The number of likely N-dealkylation sites (N-methyl/N-ethyl adjacent to an activating group) is 1. The van der Waals surface area contributed by atoms with Gasteiger partial charge in [0, 0.05) is 37.2 Å². The van der Waals surface area contributed by atoms with E-state index in [0.29, 0.717) is 0 Å². The molecular formula is C16H21N3O. The van der Waals surface area contributed by atoms with Gasteiger partial charge in [0.15, 0.2) is 0 Å². The largest absolute Gasteiger partial charge is 0.360 e. The molecule has 0 spiro atoms. The van der Waals surface area contributed by atoms with Crippen molar-refractivity contribution in [1.82, 2.24) is 14.8 Å². The summed E-state index contributed by atoms with van der Waals surface area (Å²) in [6.07, 6.45) is 4.40. The number of carbonyl (C=O) groups is 1. The minimum Gasteiger partial charge on any atom is -0.360 e. The van der Waals surface area contributed by atoms with Crippen molar-refractivity contribution in [3.63, 3.8) is 0 Å². The Morgan fingerprint density at radius 1 is 1.30 bits per heavy atom. The molecule has 1 aromatic heterocycles. The summed E-state index contributed by atoms with van der Waals surface area (Å²) in [6.45, 7) is 4.12. The first-order valence-electron chi connectivity index (χ1n) is 7.29. The molecule has 1 fully saturated rings. The Hall–Kier alpha value is -1.81. The molecule has 4 nitrogen and oxygen atoms in total. The second kappa shape index (κ2) is 5.67. The van der Waals surface area contributed by atoms with E-state index in [0.717, 1.165) is 29.6 Å². The normalized spacial score (nSPS) is 15.8. The SMILES string of the molecule is CN(CCN1CCCC1)C(=O)c1c[nH]c2ccccc12. The minimum absolute atomic E-state index is 0.0987. The molecule has 1 amide bonds. The van der Waals surface area contributed by atoms with Gasteiger partial charge in [-0.15, -0.1) is 0 Å². The Bertz CT molecular complexity index is 599. The van der Waals surface area contributed by atoms with Gasteiger partial charge in [-0.25, -0.2) is 0 Å². The molecule has 2 heterocycles. The first kappa shape index (κ1) is 13.2. The zero-order valence-corrected chi connectivity index (χ0v) is 11.9. The number of benzene rings is 1. The number of carbonyl (C=O) groups excluding carboxylic acids is 1. The van der Waals surface area contributed by atoms with Gasteiger partial charge in [-0.1, -0.05) is 18.2 Å². The van der Waals surface area contributed by atoms with Gasteiger partial charge in [-0.3, -0.25) is 4.79 Å². The third-order valence-electron chi connectivity index (χ3n) is 4.12. The molecule has 3 rings (SSSR count). The lowest BCUT2D eigenvalue weighted by atomic mass is 10.1. The molecule has 1 N–H and O–H groups in total. The van der Waals surface area contributed by atoms with E-state index in [4.69, 9.17) is 0 Å². The summed E-state index contributed by atoms with van der Waals surface area (Å²) >= 11 is 0. The van der Waals surface area contributed by atoms with Gasteiger partial charge in [0.25, 0.3) is 5.91 Å². The third-order valence-corrected chi connectivity index (χ3v) is 4.12. The lowest BCUT2D eigenvalue weighted by Gasteiger charge is -2.21. The van der Waals surface area contributed by atoms with Gasteiger partial charge in [0.1, 0.15) is 0 Å². The standard InChI is InChI=1S/C16H21N3O/c1-18(10-11-19-8-4-5-9-19)16(20)14-12-17-15-7-3-2-6-13(14)15/h2-3,6-7,12,17H,4-5,8-11H2,1H3. The molecule has 106 valence electrons. The smallest absolute Gasteiger partial charge is 0.255 e. The summed E-state index contributed by atoms with van der Waals surface area (Å²) in [6, 6.07) is 7.94. The molecule has 20 heavy (non-hydrogen) atoms. The summed E-state index contributed by atoms with van der Waals surface area (Å²) in [7, 11) is 1.89. The molecule has 0 saturated carbocycles. The summed E-state index contributed by atoms with van der Waals surface area (Å²) in [5, 5.41) is 1.01. The highest BCUT2D eigenvalue weighted by molar-refractivity contribution is 6.06. The van der Waals surface area contributed by atoms with Crippen molar-refractivity contribution in [2.45, 2.75) is 12.8 Å². The highest BCUT2D eigenvalue weighted by Crippen LogP contribution is 2.19. The summed E-state index contributed by atoms with van der Waals surface area (Å²) in [5.74, 6) is 0.0987. The molecule has 0 unspecified atom stereocenters. The lowest BCUT2D eigenvalue weighted by molar-refractivity contribution is 0.0784. The molecule has 1 aromatic carbocycles. The van der Waals surface area contributed by atoms with Crippen LogP contribution in [0.3, 0.4) is 0 Å². The van der Waals surface area contributed by atoms with E-state index in [2.05, 4.69) is 9.88 Å². The monoisotopic (exact) mass is 271 g/mol. The average molecular weight is 271 g/mol. The van der Waals surface area contributed by atoms with Crippen molar-refractivity contribution >= 4 is 16.8 Å². The van der Waals surface area contributed by atoms with Crippen LogP contribution < -0.4 is 0 Å². The predicted molar refractivity (Wildman–Crippen MR) is 80.9 cm³/mol. The number of likely N-dealkylation sites (tertiary alicyclic amines) is 1. The maximum Gasteiger partial charge on any atom is 0.255 e. The second-order valence-corrected chi connectivity index (χ2v) is 5.52. The van der Waals surface area contributed by atoms with Crippen LogP contribution in [-0.2, 0) is 0 Å². The van der Waals surface area contributed by atoms with E-state index >= 15 is 0 Å². The van der Waals surface area contributed by atoms with Crippen LogP contribution in [0.15, 0.2) is 30.5 Å². The fourth-order valence-corrected chi connectivity index (χ4v) is 2.85. The minimum atomic E-state index is 0.0987. The number of hydrogen-bond acceptors (Lipinski definition) is 2. The lowest BCUT2D eigenvalue weighted by Crippen LogP contribution is -2.35. The van der Waals surface area contributed by atoms with Gasteiger partial charge in [-0.2, -0.15) is 0 Å². The van der Waals surface area contributed by atoms with Crippen LogP contribution in [0.2, 0.25) is 0 Å². The molecule has 0 aliphatic carbocycles. The van der Waals surface area contributed by atoms with E-state index in [1.807, 2.05) is 42.4 Å². The zero-order valence-electron chi connectivity index (χ0n) is 11.9. The average Bonchev–Trinajstić information content (AvgIpc) is 3.13. The first-order valence-corrected chi connectivity index (χ1v) is 7.29. The zero-order chi connectivity index (χ0) is 13.9. The van der Waals surface area contributed by atoms with Crippen molar-refractivity contribution in [3.05, 3.63) is 36.0 Å². The molecule has 0 bridgehead atoms. The number of amides is 1. The maximum absolute atomic E-state index is 12.5. The van der Waals surface area contributed by atoms with Crippen molar-refractivity contribution in [1.29, 1.82) is 0 Å². The van der Waals surface area contributed by atoms with Crippen LogP contribution in [0.1, 0.15) is 23.2 Å². The number of nitrogens with zero attached hydrogens (tertiary/aromatic N) is 2. The van der Waals surface area contributed by atoms with Crippen LogP contribution in [-0.4, -0.2) is 53.9 Å². The Labute approximate surface area is 119 Å². The maximum atomic E-state index is 12.5. The summed E-state index contributed by atoms with van der Waals surface area (Å²) < 4.78 is 0. The molecule has 1 aliphatic rings. The molecule has 0 atom stereocenters. The van der Waals surface area contributed by atoms with E-state index in [-0.39, 0.29) is 5.91 Å². The highest BCUT2D eigenvalue weighted by Gasteiger charge is 2.17. The van der Waals surface area contributed by atoms with E-state index in [1.165, 1.54) is 25.9 Å². The number of para-hydroxylation sites is 1. The highest BCUT2D eigenvalue weighted by atomic mass is 16.2. The summed E-state index contributed by atoms with van der Waals surface area (Å²) in [5.41, 5.74) is 1.79. The van der Waals surface area contributed by atoms with Crippen LogP contribution in [0, 0.1) is 0 Å². The van der Waals surface area contributed by atoms with Crippen molar-refractivity contribution < 1.29 is 4.79 Å². The number of rotatable bonds is 4. The van der Waals surface area contributed by atoms with Gasteiger partial charge < -0.3 is 14.8 Å². The van der Waals surface area contributed by atoms with Gasteiger partial charge >= 0.3 is 0 Å². The Morgan fingerprint density at radius 2 is 2.05 bits per heavy atom. The molecule has 1 saturated heterocycles. The van der Waals surface area contributed by atoms with E-state index in [1.54, 1.807) is 0 Å². The van der Waals surface area contributed by atoms with E-state index < -0.39 is 0 Å². The van der Waals surface area contributed by atoms with Crippen molar-refractivity contribution in [2.75, 3.05) is 33.2 Å². The van der Waals surface area contributed by atoms with Crippen LogP contribution in [0.4, 0.5) is 0 Å². The van der Waals surface area contributed by atoms with Crippen molar-refractivity contribution in [2.24, 2.45) is 0 Å². The molecule has 0 radical (unpaired) electrons. The number of nitrogens with one attached hydrogen (secondary N) is 1. The number of aromatic amines is 1. The molecular weight excluding hydrogens is 250 g/mol. The quantitative estimate of drug-likeness (QED) is 0.927. The Kier molecular flexibility index (Phi) is 3.74. The van der Waals surface area contributed by atoms with Crippen LogP contribution in [0.5, 0.6) is 0 Å². The third kappa shape index (κ3) is 2.56. The van der Waals surface area contributed by atoms with Crippen LogP contribution >= 0.6 is 0 Å². The molecule has 2 aromatic rings. The topological polar surface area (TPSA) is 39.3 Å². The number of aromatic nitrogens is 1. The molecule has 1 aliphatic heterocycles. The first-order chi connectivity index (χ1) is 9.75. The summed E-state index contributed by atoms with van der Waals surface area (Å²) in [4.78, 5) is 19.9. The van der Waals surface area contributed by atoms with Gasteiger partial charge in [0.2, 0.25) is 0 Å². The van der Waals surface area contributed by atoms with Gasteiger partial charge in [-0.05, 0) is 32.0 Å². The fourth-order valence-electron chi connectivity index (χ4n) is 2.85. The van der Waals surface area contributed by atoms with E-state index in [9.17, 15) is 4.79 Å².